The topological polar surface area (TPSA) is 77.7 Å². The predicted molar refractivity (Wildman–Crippen MR) is 72.0 cm³/mol. The summed E-state index contributed by atoms with van der Waals surface area (Å²) >= 11 is 6.06. The molecule has 2 aromatic heterocycles. The number of halogens is 1. The van der Waals surface area contributed by atoms with Crippen molar-refractivity contribution in [2.24, 2.45) is 0 Å². The summed E-state index contributed by atoms with van der Waals surface area (Å²) in [6, 6.07) is 0. The molecule has 1 saturated heterocycles. The fourth-order valence-corrected chi connectivity index (χ4v) is 4.90. The van der Waals surface area contributed by atoms with E-state index in [1.165, 1.54) is 0 Å². The molecule has 0 aliphatic carbocycles. The highest BCUT2D eigenvalue weighted by molar-refractivity contribution is 7.91. The SMILES string of the molecule is Cc1nc(Cl)c2cnn(C3(C)CCS(=O)(=O)C3)c2n1. The summed E-state index contributed by atoms with van der Waals surface area (Å²) in [6.45, 7) is 3.63. The number of sulfone groups is 1. The van der Waals surface area contributed by atoms with E-state index >= 15 is 0 Å². The van der Waals surface area contributed by atoms with Gasteiger partial charge < -0.3 is 0 Å². The van der Waals surface area contributed by atoms with Crippen LogP contribution in [-0.2, 0) is 15.4 Å². The predicted octanol–water partition coefficient (Wildman–Crippen LogP) is 1.32. The number of rotatable bonds is 1. The summed E-state index contributed by atoms with van der Waals surface area (Å²) in [5.41, 5.74) is 0.0298. The minimum Gasteiger partial charge on any atom is -0.240 e. The third-order valence-corrected chi connectivity index (χ3v) is 5.66. The highest BCUT2D eigenvalue weighted by atomic mass is 35.5. The molecule has 1 atom stereocenters. The Hall–Kier alpha value is -1.21. The van der Waals surface area contributed by atoms with Gasteiger partial charge in [-0.3, -0.25) is 0 Å². The number of hydrogen-bond donors (Lipinski definition) is 0. The standard InChI is InChI=1S/C11H13ClN4O2S/c1-7-14-9(12)8-5-13-16(10(8)15-7)11(2)3-4-19(17,18)6-11/h5H,3-4,6H2,1-2H3. The largest absolute Gasteiger partial charge is 0.240 e. The lowest BCUT2D eigenvalue weighted by Gasteiger charge is -2.23. The molecule has 1 fully saturated rings. The lowest BCUT2D eigenvalue weighted by Crippen LogP contribution is -2.32. The van der Waals surface area contributed by atoms with E-state index in [-0.39, 0.29) is 11.5 Å². The van der Waals surface area contributed by atoms with Gasteiger partial charge in [0.1, 0.15) is 11.0 Å². The zero-order valence-electron chi connectivity index (χ0n) is 10.6. The summed E-state index contributed by atoms with van der Waals surface area (Å²) < 4.78 is 25.1. The second-order valence-corrected chi connectivity index (χ2v) is 7.74. The molecule has 0 aromatic carbocycles. The lowest BCUT2D eigenvalue weighted by molar-refractivity contribution is 0.338. The van der Waals surface area contributed by atoms with Crippen molar-refractivity contribution < 1.29 is 8.42 Å². The van der Waals surface area contributed by atoms with Gasteiger partial charge in [-0.15, -0.1) is 0 Å². The molecule has 0 spiro atoms. The van der Waals surface area contributed by atoms with Gasteiger partial charge in [0.15, 0.2) is 15.5 Å². The zero-order valence-corrected chi connectivity index (χ0v) is 12.2. The van der Waals surface area contributed by atoms with Crippen LogP contribution >= 0.6 is 11.6 Å². The van der Waals surface area contributed by atoms with E-state index in [4.69, 9.17) is 11.6 Å². The van der Waals surface area contributed by atoms with Crippen molar-refractivity contribution in [1.29, 1.82) is 0 Å². The minimum atomic E-state index is -3.01. The van der Waals surface area contributed by atoms with Crippen LogP contribution in [0.5, 0.6) is 0 Å². The minimum absolute atomic E-state index is 0.0808. The molecule has 3 heterocycles. The molecule has 2 aromatic rings. The van der Waals surface area contributed by atoms with Gasteiger partial charge in [-0.1, -0.05) is 11.6 Å². The summed E-state index contributed by atoms with van der Waals surface area (Å²) in [5.74, 6) is 0.809. The molecule has 8 heteroatoms. The van der Waals surface area contributed by atoms with Crippen molar-refractivity contribution in [3.8, 4) is 0 Å². The molecule has 6 nitrogen and oxygen atoms in total. The summed E-state index contributed by atoms with van der Waals surface area (Å²) in [6.07, 6.45) is 2.13. The molecule has 3 rings (SSSR count). The van der Waals surface area contributed by atoms with Crippen LogP contribution in [0.15, 0.2) is 6.20 Å². The van der Waals surface area contributed by atoms with Gasteiger partial charge in [-0.2, -0.15) is 5.10 Å². The Morgan fingerprint density at radius 3 is 2.79 bits per heavy atom. The normalized spacial score (nSPS) is 26.1. The highest BCUT2D eigenvalue weighted by Gasteiger charge is 2.41. The maximum Gasteiger partial charge on any atom is 0.163 e. The Morgan fingerprint density at radius 2 is 2.16 bits per heavy atom. The number of fused-ring (bicyclic) bond motifs is 1. The summed E-state index contributed by atoms with van der Waals surface area (Å²) in [5, 5.41) is 5.28. The zero-order chi connectivity index (χ0) is 13.8. The molecule has 0 N–H and O–H groups in total. The Labute approximate surface area is 115 Å². The van der Waals surface area contributed by atoms with E-state index in [2.05, 4.69) is 15.1 Å². The van der Waals surface area contributed by atoms with Gasteiger partial charge >= 0.3 is 0 Å². The smallest absolute Gasteiger partial charge is 0.163 e. The van der Waals surface area contributed by atoms with Gasteiger partial charge in [0.25, 0.3) is 0 Å². The van der Waals surface area contributed by atoms with Crippen molar-refractivity contribution in [3.63, 3.8) is 0 Å². The van der Waals surface area contributed by atoms with Gasteiger partial charge in [-0.25, -0.2) is 23.1 Å². The number of aromatic nitrogens is 4. The number of hydrogen-bond acceptors (Lipinski definition) is 5. The van der Waals surface area contributed by atoms with E-state index in [0.29, 0.717) is 28.4 Å². The fraction of sp³-hybridized carbons (Fsp3) is 0.545. The summed E-state index contributed by atoms with van der Waals surface area (Å²) in [4.78, 5) is 8.42. The molecular formula is C11H13ClN4O2S. The van der Waals surface area contributed by atoms with E-state index in [1.54, 1.807) is 17.8 Å². The third kappa shape index (κ3) is 2.01. The molecule has 1 aliphatic heterocycles. The average molecular weight is 301 g/mol. The maximum atomic E-state index is 11.7. The van der Waals surface area contributed by atoms with Crippen LogP contribution in [0.4, 0.5) is 0 Å². The van der Waals surface area contributed by atoms with Gasteiger partial charge in [0, 0.05) is 0 Å². The number of nitrogens with zero attached hydrogens (tertiary/aromatic N) is 4. The Morgan fingerprint density at radius 1 is 1.42 bits per heavy atom. The maximum absolute atomic E-state index is 11.7. The summed E-state index contributed by atoms with van der Waals surface area (Å²) in [7, 11) is -3.01. The quantitative estimate of drug-likeness (QED) is 0.742. The van der Waals surface area contributed by atoms with E-state index in [1.807, 2.05) is 6.92 Å². The third-order valence-electron chi connectivity index (χ3n) is 3.49. The van der Waals surface area contributed by atoms with E-state index in [9.17, 15) is 8.42 Å². The second-order valence-electron chi connectivity index (χ2n) is 5.19. The van der Waals surface area contributed by atoms with Crippen LogP contribution in [0.2, 0.25) is 5.15 Å². The monoisotopic (exact) mass is 300 g/mol. The second kappa shape index (κ2) is 3.89. The van der Waals surface area contributed by atoms with Gasteiger partial charge in [-0.05, 0) is 20.3 Å². The van der Waals surface area contributed by atoms with Crippen molar-refractivity contribution in [1.82, 2.24) is 19.7 Å². The van der Waals surface area contributed by atoms with E-state index in [0.717, 1.165) is 0 Å². The van der Waals surface area contributed by atoms with Crippen LogP contribution in [0, 0.1) is 6.92 Å². The average Bonchev–Trinajstić information content (AvgIpc) is 2.81. The molecule has 0 radical (unpaired) electrons. The lowest BCUT2D eigenvalue weighted by atomic mass is 10.0. The first-order valence-corrected chi connectivity index (χ1v) is 8.09. The fourth-order valence-electron chi connectivity index (χ4n) is 2.53. The van der Waals surface area contributed by atoms with Crippen molar-refractivity contribution in [3.05, 3.63) is 17.2 Å². The number of aryl methyl sites for hydroxylation is 1. The van der Waals surface area contributed by atoms with Crippen molar-refractivity contribution in [2.45, 2.75) is 25.8 Å². The molecule has 1 aliphatic rings. The van der Waals surface area contributed by atoms with Gasteiger partial charge in [0.05, 0.1) is 28.6 Å². The van der Waals surface area contributed by atoms with Crippen LogP contribution in [0.1, 0.15) is 19.2 Å². The first kappa shape index (κ1) is 12.8. The van der Waals surface area contributed by atoms with Crippen LogP contribution in [0.3, 0.4) is 0 Å². The van der Waals surface area contributed by atoms with Crippen LogP contribution in [0.25, 0.3) is 11.0 Å². The molecule has 0 bridgehead atoms. The Kier molecular flexibility index (Phi) is 2.62. The van der Waals surface area contributed by atoms with E-state index < -0.39 is 15.4 Å². The Balaban J connectivity index is 2.22. The first-order valence-electron chi connectivity index (χ1n) is 5.90. The first-order chi connectivity index (χ1) is 8.81. The van der Waals surface area contributed by atoms with Crippen LogP contribution in [-0.4, -0.2) is 39.7 Å². The molecular weight excluding hydrogens is 288 g/mol. The molecule has 19 heavy (non-hydrogen) atoms. The molecule has 1 unspecified atom stereocenters. The Bertz CT molecular complexity index is 770. The van der Waals surface area contributed by atoms with Crippen LogP contribution < -0.4 is 0 Å². The van der Waals surface area contributed by atoms with Crippen molar-refractivity contribution >= 4 is 32.5 Å². The molecule has 102 valence electrons. The molecule has 0 saturated carbocycles. The highest BCUT2D eigenvalue weighted by Crippen LogP contribution is 2.33. The van der Waals surface area contributed by atoms with Gasteiger partial charge in [0.2, 0.25) is 0 Å². The van der Waals surface area contributed by atoms with Crippen molar-refractivity contribution in [2.75, 3.05) is 11.5 Å². The molecule has 0 amide bonds.